The molecule has 1 aromatic carbocycles. The van der Waals surface area contributed by atoms with Crippen LogP contribution in [-0.4, -0.2) is 12.6 Å². The number of aryl methyl sites for hydroxylation is 2. The third-order valence-electron chi connectivity index (χ3n) is 3.28. The zero-order valence-electron chi connectivity index (χ0n) is 10.6. The van der Waals surface area contributed by atoms with Gasteiger partial charge in [0, 0.05) is 5.56 Å². The Labute approximate surface area is 98.0 Å². The summed E-state index contributed by atoms with van der Waals surface area (Å²) >= 11 is 0. The number of benzene rings is 1. The van der Waals surface area contributed by atoms with Crippen molar-refractivity contribution in [3.8, 4) is 5.75 Å². The quantitative estimate of drug-likeness (QED) is 0.843. The highest BCUT2D eigenvalue weighted by molar-refractivity contribution is 5.48. The van der Waals surface area contributed by atoms with Gasteiger partial charge in [0.2, 0.25) is 0 Å². The van der Waals surface area contributed by atoms with E-state index >= 15 is 0 Å². The molecule has 1 heterocycles. The molecule has 2 atom stereocenters. The Bertz CT molecular complexity index is 387. The monoisotopic (exact) mass is 219 g/mol. The van der Waals surface area contributed by atoms with E-state index in [1.54, 1.807) is 0 Å². The Morgan fingerprint density at radius 3 is 2.62 bits per heavy atom. The summed E-state index contributed by atoms with van der Waals surface area (Å²) in [7, 11) is 0. The zero-order valence-corrected chi connectivity index (χ0v) is 10.6. The van der Waals surface area contributed by atoms with Crippen molar-refractivity contribution in [1.82, 2.24) is 5.32 Å². The van der Waals surface area contributed by atoms with Crippen LogP contribution in [0.4, 0.5) is 0 Å². The van der Waals surface area contributed by atoms with Gasteiger partial charge < -0.3 is 10.1 Å². The highest BCUT2D eigenvalue weighted by Gasteiger charge is 2.33. The van der Waals surface area contributed by atoms with Crippen molar-refractivity contribution in [2.24, 2.45) is 0 Å². The molecule has 2 rings (SSSR count). The summed E-state index contributed by atoms with van der Waals surface area (Å²) in [5.41, 5.74) is 3.99. The molecule has 1 aliphatic heterocycles. The molecule has 88 valence electrons. The summed E-state index contributed by atoms with van der Waals surface area (Å²) in [5.74, 6) is 1.08. The summed E-state index contributed by atoms with van der Waals surface area (Å²) in [6.07, 6.45) is 1.33. The first-order valence-electron chi connectivity index (χ1n) is 6.18. The lowest BCUT2D eigenvalue weighted by Gasteiger charge is -2.18. The lowest BCUT2D eigenvalue weighted by Crippen LogP contribution is -2.30. The molecule has 0 fully saturated rings. The second-order valence-corrected chi connectivity index (χ2v) is 4.59. The number of rotatable bonds is 3. The second-order valence-electron chi connectivity index (χ2n) is 4.59. The zero-order chi connectivity index (χ0) is 11.7. The average molecular weight is 219 g/mol. The molecular formula is C14H21NO. The minimum absolute atomic E-state index is 0.287. The number of ether oxygens (including phenoxy) is 1. The molecule has 2 unspecified atom stereocenters. The normalized spacial score (nSPS) is 23.0. The summed E-state index contributed by atoms with van der Waals surface area (Å²) in [5, 5.41) is 3.54. The molecule has 0 saturated carbocycles. The van der Waals surface area contributed by atoms with Crippen LogP contribution in [0.5, 0.6) is 5.75 Å². The van der Waals surface area contributed by atoms with Crippen LogP contribution in [-0.2, 0) is 0 Å². The third-order valence-corrected chi connectivity index (χ3v) is 3.28. The fraction of sp³-hybridized carbons (Fsp3) is 0.571. The van der Waals surface area contributed by atoms with Gasteiger partial charge in [0.05, 0.1) is 6.04 Å². The van der Waals surface area contributed by atoms with Crippen molar-refractivity contribution in [3.63, 3.8) is 0 Å². The highest BCUT2D eigenvalue weighted by Crippen LogP contribution is 2.40. The maximum atomic E-state index is 6.02. The molecule has 16 heavy (non-hydrogen) atoms. The van der Waals surface area contributed by atoms with Gasteiger partial charge in [0.15, 0.2) is 0 Å². The maximum Gasteiger partial charge on any atom is 0.125 e. The number of likely N-dealkylation sites (N-methyl/N-ethyl adjacent to an activating group) is 1. The van der Waals surface area contributed by atoms with Gasteiger partial charge in [0.1, 0.15) is 11.9 Å². The first-order chi connectivity index (χ1) is 7.67. The molecule has 1 aliphatic rings. The fourth-order valence-corrected chi connectivity index (χ4v) is 2.63. The summed E-state index contributed by atoms with van der Waals surface area (Å²) in [6, 6.07) is 4.76. The molecule has 0 aliphatic carbocycles. The van der Waals surface area contributed by atoms with E-state index in [1.165, 1.54) is 16.7 Å². The molecule has 2 nitrogen and oxygen atoms in total. The highest BCUT2D eigenvalue weighted by atomic mass is 16.5. The minimum Gasteiger partial charge on any atom is -0.488 e. The van der Waals surface area contributed by atoms with Crippen molar-refractivity contribution < 1.29 is 4.74 Å². The van der Waals surface area contributed by atoms with Gasteiger partial charge in [-0.3, -0.25) is 0 Å². The lowest BCUT2D eigenvalue weighted by molar-refractivity contribution is 0.186. The molecular weight excluding hydrogens is 198 g/mol. The smallest absolute Gasteiger partial charge is 0.125 e. The van der Waals surface area contributed by atoms with Crippen molar-refractivity contribution in [2.45, 2.75) is 46.3 Å². The van der Waals surface area contributed by atoms with E-state index in [0.29, 0.717) is 6.04 Å². The summed E-state index contributed by atoms with van der Waals surface area (Å²) < 4.78 is 6.02. The van der Waals surface area contributed by atoms with E-state index in [4.69, 9.17) is 4.74 Å². The summed E-state index contributed by atoms with van der Waals surface area (Å²) in [6.45, 7) is 9.62. The fourth-order valence-electron chi connectivity index (χ4n) is 2.63. The maximum absolute atomic E-state index is 6.02. The Hall–Kier alpha value is -1.02. The van der Waals surface area contributed by atoms with Crippen LogP contribution >= 0.6 is 0 Å². The number of hydrogen-bond acceptors (Lipinski definition) is 2. The number of hydrogen-bond donors (Lipinski definition) is 1. The SMILES string of the molecule is CCNC1c2c(C)cc(C)cc2OC1CC. The van der Waals surface area contributed by atoms with Gasteiger partial charge >= 0.3 is 0 Å². The first kappa shape index (κ1) is 11.5. The van der Waals surface area contributed by atoms with Crippen LogP contribution in [0.3, 0.4) is 0 Å². The Morgan fingerprint density at radius 1 is 1.25 bits per heavy atom. The van der Waals surface area contributed by atoms with Crippen molar-refractivity contribution in [2.75, 3.05) is 6.54 Å². The lowest BCUT2D eigenvalue weighted by atomic mass is 9.96. The molecule has 0 bridgehead atoms. The van der Waals surface area contributed by atoms with Crippen LogP contribution in [0.2, 0.25) is 0 Å². The first-order valence-corrected chi connectivity index (χ1v) is 6.18. The van der Waals surface area contributed by atoms with Gasteiger partial charge in [-0.15, -0.1) is 0 Å². The van der Waals surface area contributed by atoms with E-state index < -0.39 is 0 Å². The second kappa shape index (κ2) is 4.46. The average Bonchev–Trinajstić information content (AvgIpc) is 2.57. The molecule has 2 heteroatoms. The van der Waals surface area contributed by atoms with Gasteiger partial charge in [-0.2, -0.15) is 0 Å². The van der Waals surface area contributed by atoms with E-state index in [-0.39, 0.29) is 6.10 Å². The van der Waals surface area contributed by atoms with Crippen molar-refractivity contribution in [3.05, 3.63) is 28.8 Å². The van der Waals surface area contributed by atoms with Gasteiger partial charge in [0.25, 0.3) is 0 Å². The number of fused-ring (bicyclic) bond motifs is 1. The molecule has 1 N–H and O–H groups in total. The molecule has 0 amide bonds. The largest absolute Gasteiger partial charge is 0.488 e. The molecule has 1 aromatic rings. The molecule has 0 radical (unpaired) electrons. The van der Waals surface area contributed by atoms with Crippen LogP contribution in [0, 0.1) is 13.8 Å². The van der Waals surface area contributed by atoms with E-state index in [9.17, 15) is 0 Å². The predicted octanol–water partition coefficient (Wildman–Crippen LogP) is 3.13. The van der Waals surface area contributed by atoms with Gasteiger partial charge in [-0.1, -0.05) is 19.9 Å². The van der Waals surface area contributed by atoms with Gasteiger partial charge in [-0.05, 0) is 44.0 Å². The Kier molecular flexibility index (Phi) is 3.20. The topological polar surface area (TPSA) is 21.3 Å². The minimum atomic E-state index is 0.287. The van der Waals surface area contributed by atoms with E-state index in [2.05, 4.69) is 45.1 Å². The molecule has 0 saturated heterocycles. The van der Waals surface area contributed by atoms with Crippen molar-refractivity contribution >= 4 is 0 Å². The molecule has 0 spiro atoms. The summed E-state index contributed by atoms with van der Waals surface area (Å²) in [4.78, 5) is 0. The van der Waals surface area contributed by atoms with Crippen LogP contribution < -0.4 is 10.1 Å². The Balaban J connectivity index is 2.41. The van der Waals surface area contributed by atoms with Crippen LogP contribution in [0.1, 0.15) is 43.0 Å². The van der Waals surface area contributed by atoms with E-state index in [0.717, 1.165) is 18.7 Å². The van der Waals surface area contributed by atoms with Gasteiger partial charge in [-0.25, -0.2) is 0 Å². The molecule has 0 aromatic heterocycles. The standard InChI is InChI=1S/C14H21NO/c1-5-11-14(15-6-2)13-10(4)7-9(3)8-12(13)16-11/h7-8,11,14-15H,5-6H2,1-4H3. The predicted molar refractivity (Wildman–Crippen MR) is 67.0 cm³/mol. The van der Waals surface area contributed by atoms with Crippen LogP contribution in [0.15, 0.2) is 12.1 Å². The van der Waals surface area contributed by atoms with Crippen LogP contribution in [0.25, 0.3) is 0 Å². The number of nitrogens with one attached hydrogen (secondary N) is 1. The third kappa shape index (κ3) is 1.82. The Morgan fingerprint density at radius 2 is 2.00 bits per heavy atom. The van der Waals surface area contributed by atoms with Crippen molar-refractivity contribution in [1.29, 1.82) is 0 Å². The van der Waals surface area contributed by atoms with E-state index in [1.807, 2.05) is 0 Å².